The maximum atomic E-state index is 10.9. The second-order valence-electron chi connectivity index (χ2n) is 2.91. The molecule has 1 fully saturated rings. The van der Waals surface area contributed by atoms with Gasteiger partial charge in [0, 0.05) is 6.42 Å². The molecule has 1 rings (SSSR count). The largest absolute Gasteiger partial charge is 1.00 e. The molecule has 1 aliphatic carbocycles. The molecule has 0 aromatic heterocycles. The summed E-state index contributed by atoms with van der Waals surface area (Å²) in [5.74, 6) is 0.561. The number of carbonyl (C=O) groups excluding carboxylic acids is 1. The van der Waals surface area contributed by atoms with Gasteiger partial charge in [-0.3, -0.25) is 4.79 Å². The first-order valence-electron chi connectivity index (χ1n) is 3.58. The molecule has 1 aliphatic rings. The Hall–Kier alpha value is 0.210. The Morgan fingerprint density at radius 1 is 1.64 bits per heavy atom. The number of carbonyl (C=O) groups is 1. The van der Waals surface area contributed by atoms with Crippen LogP contribution in [0, 0.1) is 5.92 Å². The van der Waals surface area contributed by atoms with E-state index in [2.05, 4.69) is 6.92 Å². The zero-order chi connectivity index (χ0) is 7.56. The molecule has 56 valence electrons. The summed E-state index contributed by atoms with van der Waals surface area (Å²) < 4.78 is 0. The van der Waals surface area contributed by atoms with Crippen LogP contribution < -0.4 is 34.7 Å². The molecule has 0 heterocycles. The second kappa shape index (κ2) is 4.96. The predicted octanol–water partition coefficient (Wildman–Crippen LogP) is -2.38. The third kappa shape index (κ3) is 2.97. The molecule has 1 saturated carbocycles. The van der Waals surface area contributed by atoms with Crippen LogP contribution in [0.3, 0.4) is 0 Å². The molecular formula is C8H11NaO2. The molecule has 2 nitrogen and oxygen atoms in total. The van der Waals surface area contributed by atoms with E-state index in [1.807, 2.05) is 0 Å². The number of allylic oxidation sites excluding steroid dienone is 1. The molecule has 11 heavy (non-hydrogen) atoms. The SMILES string of the molecule is CC1CCC(=O)C(=C[O-])C1.[Na+]. The molecule has 0 spiro atoms. The van der Waals surface area contributed by atoms with Crippen molar-refractivity contribution in [3.05, 3.63) is 11.8 Å². The Kier molecular flexibility index (Phi) is 5.06. The van der Waals surface area contributed by atoms with Crippen LogP contribution >= 0.6 is 0 Å². The zero-order valence-corrected chi connectivity index (χ0v) is 9.09. The van der Waals surface area contributed by atoms with Crippen molar-refractivity contribution in [1.29, 1.82) is 0 Å². The third-order valence-corrected chi connectivity index (χ3v) is 1.93. The zero-order valence-electron chi connectivity index (χ0n) is 7.09. The van der Waals surface area contributed by atoms with E-state index >= 15 is 0 Å². The molecule has 1 atom stereocenters. The van der Waals surface area contributed by atoms with Gasteiger partial charge in [0.25, 0.3) is 0 Å². The monoisotopic (exact) mass is 162 g/mol. The summed E-state index contributed by atoms with van der Waals surface area (Å²) in [6.07, 6.45) is 2.89. The fraction of sp³-hybridized carbons (Fsp3) is 0.625. The summed E-state index contributed by atoms with van der Waals surface area (Å²) in [5.41, 5.74) is 0.485. The summed E-state index contributed by atoms with van der Waals surface area (Å²) in [6, 6.07) is 0. The number of Topliss-reactive ketones (excluding diaryl/α,β-unsaturated/α-hetero) is 1. The van der Waals surface area contributed by atoms with E-state index in [1.165, 1.54) is 0 Å². The minimum atomic E-state index is 0. The van der Waals surface area contributed by atoms with Crippen LogP contribution in [0.4, 0.5) is 0 Å². The minimum absolute atomic E-state index is 0. The molecule has 0 aliphatic heterocycles. The molecule has 0 saturated heterocycles. The van der Waals surface area contributed by atoms with Crippen molar-refractivity contribution in [2.24, 2.45) is 5.92 Å². The summed E-state index contributed by atoms with van der Waals surface area (Å²) in [5, 5.41) is 10.3. The first-order valence-corrected chi connectivity index (χ1v) is 3.58. The van der Waals surface area contributed by atoms with Crippen molar-refractivity contribution < 1.29 is 39.5 Å². The number of hydrogen-bond acceptors (Lipinski definition) is 2. The van der Waals surface area contributed by atoms with Gasteiger partial charge in [0.05, 0.1) is 0 Å². The smallest absolute Gasteiger partial charge is 0.878 e. The van der Waals surface area contributed by atoms with Gasteiger partial charge in [-0.25, -0.2) is 0 Å². The van der Waals surface area contributed by atoms with Crippen LogP contribution in [-0.4, -0.2) is 5.78 Å². The quantitative estimate of drug-likeness (QED) is 0.227. The number of ketones is 1. The van der Waals surface area contributed by atoms with Gasteiger partial charge in [-0.1, -0.05) is 6.92 Å². The summed E-state index contributed by atoms with van der Waals surface area (Å²) in [4.78, 5) is 10.9. The molecule has 0 aromatic carbocycles. The van der Waals surface area contributed by atoms with Crippen molar-refractivity contribution in [1.82, 2.24) is 0 Å². The Balaban J connectivity index is 0.000001000. The van der Waals surface area contributed by atoms with Crippen molar-refractivity contribution in [2.45, 2.75) is 26.2 Å². The molecule has 0 N–H and O–H groups in total. The van der Waals surface area contributed by atoms with Crippen LogP contribution in [0.15, 0.2) is 11.8 Å². The van der Waals surface area contributed by atoms with E-state index < -0.39 is 0 Å². The van der Waals surface area contributed by atoms with Crippen LogP contribution in [0.25, 0.3) is 0 Å². The van der Waals surface area contributed by atoms with Crippen LogP contribution in [0.5, 0.6) is 0 Å². The molecule has 0 aromatic rings. The van der Waals surface area contributed by atoms with Gasteiger partial charge in [-0.2, -0.15) is 0 Å². The first kappa shape index (κ1) is 11.2. The van der Waals surface area contributed by atoms with E-state index in [-0.39, 0.29) is 35.3 Å². The van der Waals surface area contributed by atoms with Gasteiger partial charge in [-0.05, 0) is 24.3 Å². The average molecular weight is 162 g/mol. The van der Waals surface area contributed by atoms with Crippen molar-refractivity contribution >= 4 is 5.78 Å². The van der Waals surface area contributed by atoms with Gasteiger partial charge < -0.3 is 5.11 Å². The molecule has 0 amide bonds. The normalized spacial score (nSPS) is 28.3. The fourth-order valence-corrected chi connectivity index (χ4v) is 1.24. The van der Waals surface area contributed by atoms with E-state index in [9.17, 15) is 9.90 Å². The first-order chi connectivity index (χ1) is 4.74. The van der Waals surface area contributed by atoms with Gasteiger partial charge in [0.15, 0.2) is 5.78 Å². The van der Waals surface area contributed by atoms with Gasteiger partial charge in [0.1, 0.15) is 0 Å². The summed E-state index contributed by atoms with van der Waals surface area (Å²) >= 11 is 0. The van der Waals surface area contributed by atoms with Crippen molar-refractivity contribution in [3.63, 3.8) is 0 Å². The van der Waals surface area contributed by atoms with Crippen molar-refractivity contribution in [2.75, 3.05) is 0 Å². The van der Waals surface area contributed by atoms with E-state index in [1.54, 1.807) is 0 Å². The van der Waals surface area contributed by atoms with Gasteiger partial charge in [0.2, 0.25) is 0 Å². The standard InChI is InChI=1S/C8H12O2.Na/c1-6-2-3-8(10)7(4-6)5-9;/h5-6,9H,2-4H2,1H3;/q;+1/p-1. The van der Waals surface area contributed by atoms with Crippen LogP contribution in [0.1, 0.15) is 26.2 Å². The minimum Gasteiger partial charge on any atom is -0.878 e. The number of rotatable bonds is 0. The average Bonchev–Trinajstić information content (AvgIpc) is 1.94. The Morgan fingerprint density at radius 2 is 2.27 bits per heavy atom. The predicted molar refractivity (Wildman–Crippen MR) is 36.1 cm³/mol. The maximum Gasteiger partial charge on any atom is 1.00 e. The van der Waals surface area contributed by atoms with Gasteiger partial charge >= 0.3 is 29.6 Å². The Bertz CT molecular complexity index is 175. The second-order valence-corrected chi connectivity index (χ2v) is 2.91. The Morgan fingerprint density at radius 3 is 2.73 bits per heavy atom. The van der Waals surface area contributed by atoms with Gasteiger partial charge in [-0.15, -0.1) is 6.26 Å². The maximum absolute atomic E-state index is 10.9. The molecular weight excluding hydrogens is 151 g/mol. The fourth-order valence-electron chi connectivity index (χ4n) is 1.24. The molecule has 3 heteroatoms. The summed E-state index contributed by atoms with van der Waals surface area (Å²) in [6.45, 7) is 2.07. The third-order valence-electron chi connectivity index (χ3n) is 1.93. The van der Waals surface area contributed by atoms with Crippen LogP contribution in [-0.2, 0) is 4.79 Å². The van der Waals surface area contributed by atoms with E-state index in [0.717, 1.165) is 6.42 Å². The molecule has 0 bridgehead atoms. The Labute approximate surface area is 89.0 Å². The topological polar surface area (TPSA) is 40.1 Å². The number of hydrogen-bond donors (Lipinski definition) is 0. The van der Waals surface area contributed by atoms with E-state index in [0.29, 0.717) is 30.6 Å². The van der Waals surface area contributed by atoms with Crippen LogP contribution in [0.2, 0.25) is 0 Å². The van der Waals surface area contributed by atoms with Crippen molar-refractivity contribution in [3.8, 4) is 0 Å². The van der Waals surface area contributed by atoms with E-state index in [4.69, 9.17) is 0 Å². The molecule has 0 radical (unpaired) electrons. The molecule has 1 unspecified atom stereocenters. The summed E-state index contributed by atoms with van der Waals surface area (Å²) in [7, 11) is 0.